The minimum Gasteiger partial charge on any atom is -0.311 e. The molecule has 1 aliphatic rings. The number of anilines is 1. The quantitative estimate of drug-likeness (QED) is 0.490. The summed E-state index contributed by atoms with van der Waals surface area (Å²) in [5, 5.41) is 0.883. The molecule has 0 saturated carbocycles. The molecular weight excluding hydrogens is 277 g/mol. The van der Waals surface area contributed by atoms with Crippen molar-refractivity contribution in [3.8, 4) is 0 Å². The maximum Gasteiger partial charge on any atom is 0.239 e. The third-order valence-electron chi connectivity index (χ3n) is 2.80. The lowest BCUT2D eigenvalue weighted by molar-refractivity contribution is -0.126. The van der Waals surface area contributed by atoms with E-state index in [1.54, 1.807) is 18.2 Å². The van der Waals surface area contributed by atoms with Gasteiger partial charge in [0, 0.05) is 28.7 Å². The first-order valence-corrected chi connectivity index (χ1v) is 6.04. The van der Waals surface area contributed by atoms with Gasteiger partial charge in [0.15, 0.2) is 0 Å². The summed E-state index contributed by atoms with van der Waals surface area (Å²) in [4.78, 5) is 24.7. The Labute approximate surface area is 114 Å². The third kappa shape index (κ3) is 2.58. The van der Waals surface area contributed by atoms with Crippen LogP contribution in [0.15, 0.2) is 18.2 Å². The number of nitrogens with two attached hydrogens (primary N) is 1. The summed E-state index contributed by atoms with van der Waals surface area (Å²) in [5.41, 5.74) is 2.64. The van der Waals surface area contributed by atoms with Crippen molar-refractivity contribution < 1.29 is 9.59 Å². The van der Waals surface area contributed by atoms with E-state index in [1.807, 2.05) is 0 Å². The van der Waals surface area contributed by atoms with E-state index in [2.05, 4.69) is 5.43 Å². The number of benzene rings is 1. The molecule has 7 heteroatoms. The highest BCUT2D eigenvalue weighted by Crippen LogP contribution is 2.30. The van der Waals surface area contributed by atoms with Crippen LogP contribution < -0.4 is 16.2 Å². The molecule has 2 amide bonds. The fourth-order valence-corrected chi connectivity index (χ4v) is 2.46. The summed E-state index contributed by atoms with van der Waals surface area (Å²) in [6, 6.07) is 4.85. The molecule has 3 N–H and O–H groups in total. The number of halogens is 2. The van der Waals surface area contributed by atoms with Gasteiger partial charge in [0.2, 0.25) is 11.8 Å². The predicted octanol–water partition coefficient (Wildman–Crippen LogP) is 1.34. The van der Waals surface area contributed by atoms with Crippen molar-refractivity contribution in [3.05, 3.63) is 28.2 Å². The van der Waals surface area contributed by atoms with Gasteiger partial charge in [-0.3, -0.25) is 15.0 Å². The Morgan fingerprint density at radius 2 is 1.94 bits per heavy atom. The molecule has 1 aromatic carbocycles. The predicted molar refractivity (Wildman–Crippen MR) is 69.3 cm³/mol. The average Bonchev–Trinajstić information content (AvgIpc) is 2.69. The number of carbonyl (C=O) groups excluding carboxylic acids is 2. The first kappa shape index (κ1) is 13.1. The lowest BCUT2D eigenvalue weighted by atomic mass is 10.1. The van der Waals surface area contributed by atoms with Gasteiger partial charge < -0.3 is 4.90 Å². The van der Waals surface area contributed by atoms with Crippen LogP contribution in [-0.2, 0) is 9.59 Å². The van der Waals surface area contributed by atoms with Crippen molar-refractivity contribution in [2.75, 3.05) is 11.4 Å². The molecule has 96 valence electrons. The average molecular weight is 288 g/mol. The van der Waals surface area contributed by atoms with Gasteiger partial charge in [0.05, 0.1) is 5.92 Å². The minimum absolute atomic E-state index is 0.132. The van der Waals surface area contributed by atoms with Crippen LogP contribution in [0.1, 0.15) is 6.42 Å². The third-order valence-corrected chi connectivity index (χ3v) is 3.23. The molecule has 1 aliphatic heterocycles. The Hall–Kier alpha value is -1.30. The molecule has 1 saturated heterocycles. The van der Waals surface area contributed by atoms with Crippen molar-refractivity contribution >= 4 is 40.7 Å². The summed E-state index contributed by atoms with van der Waals surface area (Å²) in [6.07, 6.45) is 0.132. The SMILES string of the molecule is NNC(=O)C1CC(=O)N(c2cc(Cl)cc(Cl)c2)C1. The maximum atomic E-state index is 11.8. The Morgan fingerprint density at radius 1 is 1.33 bits per heavy atom. The molecule has 0 spiro atoms. The normalized spacial score (nSPS) is 19.2. The smallest absolute Gasteiger partial charge is 0.239 e. The van der Waals surface area contributed by atoms with Crippen LogP contribution in [0.2, 0.25) is 10.0 Å². The summed E-state index contributed by atoms with van der Waals surface area (Å²) < 4.78 is 0. The second-order valence-electron chi connectivity index (χ2n) is 4.04. The lowest BCUT2D eigenvalue weighted by Gasteiger charge is -2.17. The van der Waals surface area contributed by atoms with E-state index in [4.69, 9.17) is 29.0 Å². The summed E-state index contributed by atoms with van der Waals surface area (Å²) >= 11 is 11.8. The number of carbonyl (C=O) groups is 2. The van der Waals surface area contributed by atoms with Crippen LogP contribution in [0.25, 0.3) is 0 Å². The van der Waals surface area contributed by atoms with E-state index < -0.39 is 5.92 Å². The van der Waals surface area contributed by atoms with Crippen LogP contribution in [-0.4, -0.2) is 18.4 Å². The summed E-state index contributed by atoms with van der Waals surface area (Å²) in [6.45, 7) is 0.276. The van der Waals surface area contributed by atoms with E-state index in [9.17, 15) is 9.59 Å². The number of nitrogens with one attached hydrogen (secondary N) is 1. The molecule has 1 unspecified atom stereocenters. The Kier molecular flexibility index (Phi) is 3.75. The Bertz CT molecular complexity index is 487. The molecule has 5 nitrogen and oxygen atoms in total. The first-order valence-electron chi connectivity index (χ1n) is 5.28. The van der Waals surface area contributed by atoms with E-state index in [-0.39, 0.29) is 24.8 Å². The molecule has 18 heavy (non-hydrogen) atoms. The second-order valence-corrected chi connectivity index (χ2v) is 4.91. The van der Waals surface area contributed by atoms with E-state index in [1.165, 1.54) is 4.90 Å². The van der Waals surface area contributed by atoms with Crippen molar-refractivity contribution in [2.24, 2.45) is 11.8 Å². The zero-order valence-electron chi connectivity index (χ0n) is 9.32. The highest BCUT2D eigenvalue weighted by Gasteiger charge is 2.34. The lowest BCUT2D eigenvalue weighted by Crippen LogP contribution is -2.37. The van der Waals surface area contributed by atoms with Gasteiger partial charge in [-0.1, -0.05) is 23.2 Å². The number of hydrogen-bond acceptors (Lipinski definition) is 3. The topological polar surface area (TPSA) is 75.4 Å². The molecule has 0 aromatic heterocycles. The molecule has 0 aliphatic carbocycles. The van der Waals surface area contributed by atoms with Crippen molar-refractivity contribution in [3.63, 3.8) is 0 Å². The second kappa shape index (κ2) is 5.14. The van der Waals surface area contributed by atoms with E-state index >= 15 is 0 Å². The van der Waals surface area contributed by atoms with Crippen LogP contribution in [0.4, 0.5) is 5.69 Å². The number of nitrogens with zero attached hydrogens (tertiary/aromatic N) is 1. The summed E-state index contributed by atoms with van der Waals surface area (Å²) in [7, 11) is 0. The van der Waals surface area contributed by atoms with Gasteiger partial charge in [-0.15, -0.1) is 0 Å². The van der Waals surface area contributed by atoms with Gasteiger partial charge in [0.25, 0.3) is 0 Å². The molecule has 1 heterocycles. The van der Waals surface area contributed by atoms with Gasteiger partial charge in [-0.25, -0.2) is 5.84 Å². The van der Waals surface area contributed by atoms with Crippen LogP contribution in [0, 0.1) is 5.92 Å². The highest BCUT2D eigenvalue weighted by atomic mass is 35.5. The van der Waals surface area contributed by atoms with Crippen molar-refractivity contribution in [1.29, 1.82) is 0 Å². The highest BCUT2D eigenvalue weighted by molar-refractivity contribution is 6.35. The van der Waals surface area contributed by atoms with Gasteiger partial charge in [-0.05, 0) is 18.2 Å². The largest absolute Gasteiger partial charge is 0.311 e. The van der Waals surface area contributed by atoms with E-state index in [0.717, 1.165) is 0 Å². The van der Waals surface area contributed by atoms with Crippen molar-refractivity contribution in [2.45, 2.75) is 6.42 Å². The van der Waals surface area contributed by atoms with Gasteiger partial charge >= 0.3 is 0 Å². The molecule has 1 fully saturated rings. The zero-order chi connectivity index (χ0) is 13.3. The molecule has 0 bridgehead atoms. The summed E-state index contributed by atoms with van der Waals surface area (Å²) in [5.74, 6) is 4.11. The molecular formula is C11H11Cl2N3O2. The van der Waals surface area contributed by atoms with E-state index in [0.29, 0.717) is 15.7 Å². The fourth-order valence-electron chi connectivity index (χ4n) is 1.95. The molecule has 2 rings (SSSR count). The number of hydrogen-bond donors (Lipinski definition) is 2. The minimum atomic E-state index is -0.444. The maximum absolute atomic E-state index is 11.8. The Balaban J connectivity index is 2.24. The first-order chi connectivity index (χ1) is 8.51. The van der Waals surface area contributed by atoms with Crippen molar-refractivity contribution in [1.82, 2.24) is 5.43 Å². The number of amides is 2. The van der Waals surface area contributed by atoms with Crippen LogP contribution in [0.5, 0.6) is 0 Å². The Morgan fingerprint density at radius 3 is 2.50 bits per heavy atom. The number of rotatable bonds is 2. The van der Waals surface area contributed by atoms with Gasteiger partial charge in [0.1, 0.15) is 0 Å². The standard InChI is InChI=1S/C11H11Cl2N3O2/c12-7-2-8(13)4-9(3-7)16-5-6(1-10(16)17)11(18)15-14/h2-4,6H,1,5,14H2,(H,15,18). The van der Waals surface area contributed by atoms with Crippen LogP contribution >= 0.6 is 23.2 Å². The van der Waals surface area contributed by atoms with Crippen LogP contribution in [0.3, 0.4) is 0 Å². The molecule has 0 radical (unpaired) electrons. The molecule has 1 aromatic rings. The number of hydrazine groups is 1. The zero-order valence-corrected chi connectivity index (χ0v) is 10.8. The monoisotopic (exact) mass is 287 g/mol. The fraction of sp³-hybridized carbons (Fsp3) is 0.273. The van der Waals surface area contributed by atoms with Gasteiger partial charge in [-0.2, -0.15) is 0 Å². The molecule has 1 atom stereocenters.